The molecule has 1 N–H and O–H groups in total. The molecule has 3 heteroatoms. The molecular weight excluding hydrogens is 176 g/mol. The summed E-state index contributed by atoms with van der Waals surface area (Å²) in [5.74, 6) is 1.44. The smallest absolute Gasteiger partial charge is 0.225 e. The summed E-state index contributed by atoms with van der Waals surface area (Å²) in [6.07, 6.45) is 4.71. The SMILES string of the molecule is CN(C)C(=O)C1CCC2CCNC2C1. The van der Waals surface area contributed by atoms with Crippen molar-refractivity contribution < 1.29 is 4.79 Å². The van der Waals surface area contributed by atoms with Gasteiger partial charge in [0, 0.05) is 26.1 Å². The molecule has 1 aliphatic carbocycles. The van der Waals surface area contributed by atoms with Crippen LogP contribution < -0.4 is 5.32 Å². The van der Waals surface area contributed by atoms with Crippen molar-refractivity contribution in [2.75, 3.05) is 20.6 Å². The van der Waals surface area contributed by atoms with E-state index >= 15 is 0 Å². The molecule has 2 aliphatic rings. The Morgan fingerprint density at radius 2 is 2.07 bits per heavy atom. The summed E-state index contributed by atoms with van der Waals surface area (Å²) < 4.78 is 0. The molecule has 2 rings (SSSR count). The second-order valence-corrected chi connectivity index (χ2v) is 4.85. The lowest BCUT2D eigenvalue weighted by Crippen LogP contribution is -2.40. The molecule has 0 aromatic rings. The second-order valence-electron chi connectivity index (χ2n) is 4.85. The van der Waals surface area contributed by atoms with E-state index in [2.05, 4.69) is 5.32 Å². The van der Waals surface area contributed by atoms with E-state index in [1.165, 1.54) is 12.8 Å². The van der Waals surface area contributed by atoms with Gasteiger partial charge in [0.15, 0.2) is 0 Å². The maximum absolute atomic E-state index is 11.8. The number of hydrogen-bond acceptors (Lipinski definition) is 2. The van der Waals surface area contributed by atoms with Gasteiger partial charge in [0.05, 0.1) is 0 Å². The van der Waals surface area contributed by atoms with Crippen LogP contribution in [0.3, 0.4) is 0 Å². The van der Waals surface area contributed by atoms with Gasteiger partial charge in [0.25, 0.3) is 0 Å². The fourth-order valence-electron chi connectivity index (χ4n) is 2.87. The highest BCUT2D eigenvalue weighted by atomic mass is 16.2. The maximum atomic E-state index is 11.8. The molecule has 1 aliphatic heterocycles. The molecule has 0 aromatic carbocycles. The van der Waals surface area contributed by atoms with Crippen molar-refractivity contribution in [1.82, 2.24) is 10.2 Å². The van der Waals surface area contributed by atoms with Crippen molar-refractivity contribution in [2.24, 2.45) is 11.8 Å². The van der Waals surface area contributed by atoms with E-state index in [1.54, 1.807) is 4.90 Å². The monoisotopic (exact) mass is 196 g/mol. The maximum Gasteiger partial charge on any atom is 0.225 e. The van der Waals surface area contributed by atoms with Crippen molar-refractivity contribution in [2.45, 2.75) is 31.7 Å². The topological polar surface area (TPSA) is 32.3 Å². The highest BCUT2D eigenvalue weighted by molar-refractivity contribution is 5.78. The number of fused-ring (bicyclic) bond motifs is 1. The number of hydrogen-bond donors (Lipinski definition) is 1. The normalized spacial score (nSPS) is 36.6. The minimum atomic E-state index is 0.275. The average molecular weight is 196 g/mol. The van der Waals surface area contributed by atoms with E-state index in [0.29, 0.717) is 11.9 Å². The fraction of sp³-hybridized carbons (Fsp3) is 0.909. The van der Waals surface area contributed by atoms with Crippen LogP contribution in [0, 0.1) is 11.8 Å². The van der Waals surface area contributed by atoms with Gasteiger partial charge in [-0.15, -0.1) is 0 Å². The number of carbonyl (C=O) groups is 1. The third-order valence-electron chi connectivity index (χ3n) is 3.71. The minimum Gasteiger partial charge on any atom is -0.349 e. The zero-order chi connectivity index (χ0) is 10.1. The lowest BCUT2D eigenvalue weighted by Gasteiger charge is -2.32. The molecule has 1 heterocycles. The number of nitrogens with one attached hydrogen (secondary N) is 1. The predicted molar refractivity (Wildman–Crippen MR) is 55.9 cm³/mol. The number of nitrogens with zero attached hydrogens (tertiary/aromatic N) is 1. The van der Waals surface area contributed by atoms with Crippen molar-refractivity contribution >= 4 is 5.91 Å². The Balaban J connectivity index is 1.94. The van der Waals surface area contributed by atoms with Gasteiger partial charge in [-0.1, -0.05) is 0 Å². The number of amides is 1. The average Bonchev–Trinajstić information content (AvgIpc) is 2.62. The molecule has 3 nitrogen and oxygen atoms in total. The van der Waals surface area contributed by atoms with Crippen LogP contribution in [0.2, 0.25) is 0 Å². The van der Waals surface area contributed by atoms with E-state index in [1.807, 2.05) is 14.1 Å². The van der Waals surface area contributed by atoms with E-state index in [9.17, 15) is 4.79 Å². The first-order chi connectivity index (χ1) is 6.68. The third-order valence-corrected chi connectivity index (χ3v) is 3.71. The summed E-state index contributed by atoms with van der Waals surface area (Å²) in [5.41, 5.74) is 0. The van der Waals surface area contributed by atoms with Gasteiger partial charge in [0.1, 0.15) is 0 Å². The summed E-state index contributed by atoms with van der Waals surface area (Å²) >= 11 is 0. The molecule has 14 heavy (non-hydrogen) atoms. The first-order valence-corrected chi connectivity index (χ1v) is 5.63. The van der Waals surface area contributed by atoms with Crippen LogP contribution in [-0.4, -0.2) is 37.5 Å². The first-order valence-electron chi connectivity index (χ1n) is 5.63. The van der Waals surface area contributed by atoms with E-state index in [4.69, 9.17) is 0 Å². The number of rotatable bonds is 1. The van der Waals surface area contributed by atoms with E-state index in [0.717, 1.165) is 25.3 Å². The molecule has 0 bridgehead atoms. The fourth-order valence-corrected chi connectivity index (χ4v) is 2.87. The van der Waals surface area contributed by atoms with Crippen molar-refractivity contribution in [1.29, 1.82) is 0 Å². The van der Waals surface area contributed by atoms with Crippen LogP contribution in [0.4, 0.5) is 0 Å². The Morgan fingerprint density at radius 3 is 2.79 bits per heavy atom. The first kappa shape index (κ1) is 9.97. The molecule has 80 valence electrons. The van der Waals surface area contributed by atoms with Gasteiger partial charge in [-0.2, -0.15) is 0 Å². The molecule has 1 amide bonds. The van der Waals surface area contributed by atoms with Gasteiger partial charge in [-0.05, 0) is 38.1 Å². The summed E-state index contributed by atoms with van der Waals surface area (Å²) in [6, 6.07) is 0.623. The predicted octanol–water partition coefficient (Wildman–Crippen LogP) is 0.853. The van der Waals surface area contributed by atoms with Crippen LogP contribution in [0.5, 0.6) is 0 Å². The Morgan fingerprint density at radius 1 is 1.29 bits per heavy atom. The molecule has 3 unspecified atom stereocenters. The van der Waals surface area contributed by atoms with E-state index < -0.39 is 0 Å². The minimum absolute atomic E-state index is 0.275. The zero-order valence-corrected chi connectivity index (χ0v) is 9.12. The molecule has 0 radical (unpaired) electrons. The quantitative estimate of drug-likeness (QED) is 0.674. The summed E-state index contributed by atoms with van der Waals surface area (Å²) in [6.45, 7) is 1.15. The lowest BCUT2D eigenvalue weighted by atomic mass is 9.78. The molecule has 0 spiro atoms. The van der Waals surface area contributed by atoms with Crippen LogP contribution in [0.25, 0.3) is 0 Å². The van der Waals surface area contributed by atoms with Crippen molar-refractivity contribution in [3.05, 3.63) is 0 Å². The van der Waals surface area contributed by atoms with Crippen LogP contribution in [-0.2, 0) is 4.79 Å². The van der Waals surface area contributed by atoms with Gasteiger partial charge >= 0.3 is 0 Å². The van der Waals surface area contributed by atoms with Crippen molar-refractivity contribution in [3.63, 3.8) is 0 Å². The molecule has 0 aromatic heterocycles. The highest BCUT2D eigenvalue weighted by Gasteiger charge is 2.36. The summed E-state index contributed by atoms with van der Waals surface area (Å²) in [7, 11) is 3.72. The molecule has 1 saturated heterocycles. The van der Waals surface area contributed by atoms with Crippen LogP contribution in [0.1, 0.15) is 25.7 Å². The van der Waals surface area contributed by atoms with Gasteiger partial charge < -0.3 is 10.2 Å². The van der Waals surface area contributed by atoms with E-state index in [-0.39, 0.29) is 5.92 Å². The number of carbonyl (C=O) groups excluding carboxylic acids is 1. The Hall–Kier alpha value is -0.570. The Kier molecular flexibility index (Phi) is 2.77. The highest BCUT2D eigenvalue weighted by Crippen LogP contribution is 2.34. The Labute approximate surface area is 85.8 Å². The third kappa shape index (κ3) is 1.78. The Bertz CT molecular complexity index is 227. The molecule has 3 atom stereocenters. The molecule has 2 fully saturated rings. The van der Waals surface area contributed by atoms with Gasteiger partial charge in [0.2, 0.25) is 5.91 Å². The summed E-state index contributed by atoms with van der Waals surface area (Å²) in [4.78, 5) is 13.5. The summed E-state index contributed by atoms with van der Waals surface area (Å²) in [5, 5.41) is 3.51. The largest absolute Gasteiger partial charge is 0.349 e. The van der Waals surface area contributed by atoms with Crippen LogP contribution >= 0.6 is 0 Å². The van der Waals surface area contributed by atoms with Gasteiger partial charge in [-0.25, -0.2) is 0 Å². The molecular formula is C11H20N2O. The zero-order valence-electron chi connectivity index (χ0n) is 9.12. The molecule has 1 saturated carbocycles. The van der Waals surface area contributed by atoms with Crippen LogP contribution in [0.15, 0.2) is 0 Å². The lowest BCUT2D eigenvalue weighted by molar-refractivity contribution is -0.134. The second kappa shape index (κ2) is 3.89. The standard InChI is InChI=1S/C11H20N2O/c1-13(2)11(14)9-4-3-8-5-6-12-10(8)7-9/h8-10,12H,3-7H2,1-2H3. The van der Waals surface area contributed by atoms with Crippen molar-refractivity contribution in [3.8, 4) is 0 Å². The van der Waals surface area contributed by atoms with Gasteiger partial charge in [-0.3, -0.25) is 4.79 Å².